The molecule has 0 aliphatic carbocycles. The van der Waals surface area contributed by atoms with E-state index in [1.54, 1.807) is 0 Å². The highest BCUT2D eigenvalue weighted by Crippen LogP contribution is 2.45. The number of carboxylic acids is 1. The third-order valence-electron chi connectivity index (χ3n) is 3.58. The van der Waals surface area contributed by atoms with E-state index in [2.05, 4.69) is 32.9 Å². The Labute approximate surface area is 102 Å². The molecular weight excluding hydrogens is 214 g/mol. The van der Waals surface area contributed by atoms with Crippen molar-refractivity contribution in [1.82, 2.24) is 4.90 Å². The van der Waals surface area contributed by atoms with Gasteiger partial charge in [-0.2, -0.15) is 0 Å². The molecule has 3 atom stereocenters. The summed E-state index contributed by atoms with van der Waals surface area (Å²) in [6.07, 6.45) is 0. The maximum Gasteiger partial charge on any atom is 0.322 e. The van der Waals surface area contributed by atoms with Crippen molar-refractivity contribution in [3.8, 4) is 0 Å². The molecule has 1 heterocycles. The molecule has 2 rings (SSSR count). The molecular formula is C14H19NO2. The minimum absolute atomic E-state index is 0.0677. The van der Waals surface area contributed by atoms with Gasteiger partial charge < -0.3 is 5.11 Å². The van der Waals surface area contributed by atoms with Gasteiger partial charge in [0.15, 0.2) is 0 Å². The summed E-state index contributed by atoms with van der Waals surface area (Å²) in [4.78, 5) is 13.2. The van der Waals surface area contributed by atoms with Crippen LogP contribution in [0.5, 0.6) is 0 Å². The first-order valence-corrected chi connectivity index (χ1v) is 6.03. The Morgan fingerprint density at radius 2 is 1.82 bits per heavy atom. The zero-order valence-electron chi connectivity index (χ0n) is 10.8. The zero-order valence-corrected chi connectivity index (χ0v) is 10.8. The molecule has 1 aromatic rings. The Morgan fingerprint density at radius 3 is 2.18 bits per heavy atom. The van der Waals surface area contributed by atoms with E-state index in [4.69, 9.17) is 0 Å². The van der Waals surface area contributed by atoms with Crippen molar-refractivity contribution in [2.24, 2.45) is 0 Å². The topological polar surface area (TPSA) is 40.3 Å². The van der Waals surface area contributed by atoms with Gasteiger partial charge in [0.25, 0.3) is 0 Å². The standard InChI is InChI=1S/C14H19NO2/c1-5-15-12(13(15)14(16)17)11-9(3)6-8(2)7-10(11)4/h6-7,12-13H,5H2,1-4H3,(H,16,17)/t12-,13+,15?/m0/s1. The first kappa shape index (κ1) is 12.1. The van der Waals surface area contributed by atoms with Gasteiger partial charge in [0.05, 0.1) is 6.04 Å². The predicted octanol–water partition coefficient (Wildman–Crippen LogP) is 2.44. The molecule has 0 aromatic heterocycles. The second-order valence-electron chi connectivity index (χ2n) is 4.87. The van der Waals surface area contributed by atoms with Crippen LogP contribution in [0.4, 0.5) is 0 Å². The largest absolute Gasteiger partial charge is 0.480 e. The fourth-order valence-corrected chi connectivity index (χ4v) is 2.93. The Hall–Kier alpha value is -1.35. The second-order valence-corrected chi connectivity index (χ2v) is 4.87. The van der Waals surface area contributed by atoms with Gasteiger partial charge in [0, 0.05) is 0 Å². The van der Waals surface area contributed by atoms with Crippen molar-refractivity contribution in [3.63, 3.8) is 0 Å². The van der Waals surface area contributed by atoms with E-state index in [-0.39, 0.29) is 12.1 Å². The number of aryl methyl sites for hydroxylation is 3. The first-order chi connectivity index (χ1) is 7.97. The number of benzene rings is 1. The minimum Gasteiger partial charge on any atom is -0.480 e. The number of aliphatic carboxylic acids is 1. The Balaban J connectivity index is 2.39. The van der Waals surface area contributed by atoms with Crippen LogP contribution in [0.25, 0.3) is 0 Å². The van der Waals surface area contributed by atoms with Crippen molar-refractivity contribution in [2.75, 3.05) is 6.54 Å². The average Bonchev–Trinajstić information content (AvgIpc) is 2.90. The molecule has 1 unspecified atom stereocenters. The molecule has 0 bridgehead atoms. The van der Waals surface area contributed by atoms with Crippen molar-refractivity contribution < 1.29 is 9.90 Å². The summed E-state index contributed by atoms with van der Waals surface area (Å²) in [5.74, 6) is -0.712. The van der Waals surface area contributed by atoms with Gasteiger partial charge in [-0.25, -0.2) is 0 Å². The maximum atomic E-state index is 11.2. The highest BCUT2D eigenvalue weighted by molar-refractivity contribution is 5.79. The van der Waals surface area contributed by atoms with E-state index in [9.17, 15) is 9.90 Å². The van der Waals surface area contributed by atoms with Gasteiger partial charge in [-0.05, 0) is 44.0 Å². The molecule has 1 aliphatic heterocycles. The Kier molecular flexibility index (Phi) is 2.96. The van der Waals surface area contributed by atoms with Crippen LogP contribution in [0, 0.1) is 20.8 Å². The quantitative estimate of drug-likeness (QED) is 0.815. The van der Waals surface area contributed by atoms with Crippen LogP contribution in [-0.2, 0) is 4.79 Å². The highest BCUT2D eigenvalue weighted by Gasteiger charge is 2.53. The predicted molar refractivity (Wildman–Crippen MR) is 67.2 cm³/mol. The molecule has 1 saturated heterocycles. The molecule has 0 spiro atoms. The Morgan fingerprint density at radius 1 is 1.29 bits per heavy atom. The molecule has 1 aromatic carbocycles. The van der Waals surface area contributed by atoms with Crippen LogP contribution < -0.4 is 0 Å². The van der Waals surface area contributed by atoms with E-state index < -0.39 is 5.97 Å². The number of rotatable bonds is 3. The van der Waals surface area contributed by atoms with E-state index in [1.807, 2.05) is 11.8 Å². The van der Waals surface area contributed by atoms with Crippen LogP contribution in [0.15, 0.2) is 12.1 Å². The molecule has 0 saturated carbocycles. The SMILES string of the molecule is CCN1[C@@H](C(=O)O)[C@@H]1c1c(C)cc(C)cc1C. The van der Waals surface area contributed by atoms with E-state index in [0.717, 1.165) is 6.54 Å². The lowest BCUT2D eigenvalue weighted by Crippen LogP contribution is -2.11. The third kappa shape index (κ3) is 1.95. The summed E-state index contributed by atoms with van der Waals surface area (Å²) >= 11 is 0. The summed E-state index contributed by atoms with van der Waals surface area (Å²) in [5.41, 5.74) is 4.84. The minimum atomic E-state index is -0.712. The van der Waals surface area contributed by atoms with Gasteiger partial charge in [0.1, 0.15) is 6.04 Å². The lowest BCUT2D eigenvalue weighted by atomic mass is 9.96. The lowest BCUT2D eigenvalue weighted by Gasteiger charge is -2.10. The van der Waals surface area contributed by atoms with Gasteiger partial charge in [-0.15, -0.1) is 0 Å². The summed E-state index contributed by atoms with van der Waals surface area (Å²) in [6.45, 7) is 9.01. The van der Waals surface area contributed by atoms with Crippen molar-refractivity contribution in [1.29, 1.82) is 0 Å². The van der Waals surface area contributed by atoms with E-state index in [0.29, 0.717) is 0 Å². The highest BCUT2D eigenvalue weighted by atomic mass is 16.4. The normalized spacial score (nSPS) is 26.9. The molecule has 1 fully saturated rings. The summed E-state index contributed by atoms with van der Waals surface area (Å²) in [5, 5.41) is 9.18. The van der Waals surface area contributed by atoms with Gasteiger partial charge in [-0.1, -0.05) is 24.6 Å². The number of hydrogen-bond donors (Lipinski definition) is 1. The second kappa shape index (κ2) is 4.15. The number of carbonyl (C=O) groups is 1. The molecule has 0 radical (unpaired) electrons. The number of carboxylic acid groups (broad SMARTS) is 1. The number of hydrogen-bond acceptors (Lipinski definition) is 2. The van der Waals surface area contributed by atoms with Crippen LogP contribution in [0.1, 0.15) is 35.2 Å². The summed E-state index contributed by atoms with van der Waals surface area (Å²) in [7, 11) is 0. The van der Waals surface area contributed by atoms with Crippen LogP contribution >= 0.6 is 0 Å². The fourth-order valence-electron chi connectivity index (χ4n) is 2.93. The van der Waals surface area contributed by atoms with Crippen LogP contribution in [0.2, 0.25) is 0 Å². The number of nitrogens with zero attached hydrogens (tertiary/aromatic N) is 1. The summed E-state index contributed by atoms with van der Waals surface area (Å²) < 4.78 is 0. The van der Waals surface area contributed by atoms with Crippen molar-refractivity contribution in [3.05, 3.63) is 34.4 Å². The number of likely N-dealkylation sites (N-methyl/N-ethyl adjacent to an activating group) is 1. The lowest BCUT2D eigenvalue weighted by molar-refractivity contribution is -0.137. The van der Waals surface area contributed by atoms with Crippen molar-refractivity contribution in [2.45, 2.75) is 39.8 Å². The molecule has 3 nitrogen and oxygen atoms in total. The Bertz CT molecular complexity index is 444. The van der Waals surface area contributed by atoms with Crippen LogP contribution in [-0.4, -0.2) is 28.6 Å². The van der Waals surface area contributed by atoms with Crippen molar-refractivity contribution >= 4 is 5.97 Å². The zero-order chi connectivity index (χ0) is 12.7. The van der Waals surface area contributed by atoms with Gasteiger partial charge in [-0.3, -0.25) is 9.69 Å². The first-order valence-electron chi connectivity index (χ1n) is 6.03. The third-order valence-corrected chi connectivity index (χ3v) is 3.58. The molecule has 1 aliphatic rings. The van der Waals surface area contributed by atoms with E-state index >= 15 is 0 Å². The van der Waals surface area contributed by atoms with E-state index in [1.165, 1.54) is 22.3 Å². The van der Waals surface area contributed by atoms with Gasteiger partial charge in [0.2, 0.25) is 0 Å². The smallest absolute Gasteiger partial charge is 0.322 e. The average molecular weight is 233 g/mol. The molecule has 1 N–H and O–H groups in total. The van der Waals surface area contributed by atoms with Crippen LogP contribution in [0.3, 0.4) is 0 Å². The maximum absolute atomic E-state index is 11.2. The molecule has 92 valence electrons. The monoisotopic (exact) mass is 233 g/mol. The fraction of sp³-hybridized carbons (Fsp3) is 0.500. The molecule has 3 heteroatoms. The molecule has 0 amide bonds. The summed E-state index contributed by atoms with van der Waals surface area (Å²) in [6, 6.07) is 4.00. The van der Waals surface area contributed by atoms with Gasteiger partial charge >= 0.3 is 5.97 Å². The molecule has 17 heavy (non-hydrogen) atoms.